The van der Waals surface area contributed by atoms with Gasteiger partial charge in [-0.2, -0.15) is 0 Å². The second-order valence-electron chi connectivity index (χ2n) is 8.73. The first-order chi connectivity index (χ1) is 12.6. The molecule has 0 bridgehead atoms. The zero-order valence-corrected chi connectivity index (χ0v) is 20.0. The van der Waals surface area contributed by atoms with E-state index in [-0.39, 0.29) is 23.4 Å². The molecule has 0 atom stereocenters. The lowest BCUT2D eigenvalue weighted by molar-refractivity contribution is 0.240. The number of methoxy groups -OCH3 is 1. The van der Waals surface area contributed by atoms with Gasteiger partial charge in [-0.05, 0) is 65.4 Å². The number of rotatable bonds is 8. The molecule has 0 aliphatic carbocycles. The van der Waals surface area contributed by atoms with E-state index in [9.17, 15) is 0 Å². The molecule has 0 spiro atoms. The summed E-state index contributed by atoms with van der Waals surface area (Å²) < 4.78 is 12.4. The van der Waals surface area contributed by atoms with Gasteiger partial charge in [-0.15, -0.1) is 12.4 Å². The van der Waals surface area contributed by atoms with Gasteiger partial charge in [0.25, 0.3) is 0 Å². The van der Waals surface area contributed by atoms with E-state index >= 15 is 0 Å². The molecule has 0 fully saturated rings. The predicted octanol–water partition coefficient (Wildman–Crippen LogP) is 6.16. The van der Waals surface area contributed by atoms with E-state index in [1.807, 2.05) is 18.2 Å². The number of hydrogen-bond donors (Lipinski definition) is 1. The first-order valence-electron chi connectivity index (χ1n) is 9.23. The van der Waals surface area contributed by atoms with Crippen molar-refractivity contribution in [3.63, 3.8) is 0 Å². The quantitative estimate of drug-likeness (QED) is 0.501. The summed E-state index contributed by atoms with van der Waals surface area (Å²) in [5.41, 5.74) is 2.49. The van der Waals surface area contributed by atoms with Crippen molar-refractivity contribution in [1.82, 2.24) is 10.3 Å². The molecule has 2 aromatic rings. The number of benzene rings is 1. The van der Waals surface area contributed by atoms with Crippen LogP contribution in [0.3, 0.4) is 0 Å². The van der Waals surface area contributed by atoms with Crippen molar-refractivity contribution in [3.8, 4) is 11.5 Å². The van der Waals surface area contributed by atoms with Gasteiger partial charge in [0, 0.05) is 30.0 Å². The summed E-state index contributed by atoms with van der Waals surface area (Å²) in [6.45, 7) is 12.5. The largest absolute Gasteiger partial charge is 0.493 e. The van der Waals surface area contributed by atoms with Crippen LogP contribution in [0.25, 0.3) is 0 Å². The van der Waals surface area contributed by atoms with Gasteiger partial charge in [0.15, 0.2) is 11.5 Å². The van der Waals surface area contributed by atoms with Crippen molar-refractivity contribution in [1.29, 1.82) is 0 Å². The maximum Gasteiger partial charge on any atom is 0.175 e. The molecule has 0 saturated carbocycles. The second kappa shape index (κ2) is 10.5. The molecular weight excluding hydrogens is 440 g/mol. The summed E-state index contributed by atoms with van der Waals surface area (Å²) in [7, 11) is 1.67. The molecule has 2 rings (SSSR count). The Kier molecular flexibility index (Phi) is 9.25. The van der Waals surface area contributed by atoms with Crippen LogP contribution in [0.2, 0.25) is 0 Å². The SMILES string of the molecule is COc1cc(CNC(C)(C)CC(C)(C)C)cc(Br)c1OCc1cccnc1.Cl. The molecule has 0 aliphatic rings. The van der Waals surface area contributed by atoms with E-state index in [1.54, 1.807) is 19.5 Å². The number of halogens is 2. The maximum atomic E-state index is 5.98. The molecule has 156 valence electrons. The molecule has 0 aliphatic heterocycles. The molecule has 1 N–H and O–H groups in total. The number of pyridine rings is 1. The third-order valence-electron chi connectivity index (χ3n) is 4.14. The lowest BCUT2D eigenvalue weighted by Gasteiger charge is -2.33. The third-order valence-corrected chi connectivity index (χ3v) is 4.73. The van der Waals surface area contributed by atoms with E-state index in [0.29, 0.717) is 12.4 Å². The molecule has 1 heterocycles. The van der Waals surface area contributed by atoms with Crippen molar-refractivity contribution >= 4 is 28.3 Å². The van der Waals surface area contributed by atoms with Crippen LogP contribution in [0, 0.1) is 5.41 Å². The molecule has 6 heteroatoms. The fourth-order valence-corrected chi connectivity index (χ4v) is 3.99. The van der Waals surface area contributed by atoms with Gasteiger partial charge < -0.3 is 14.8 Å². The van der Waals surface area contributed by atoms with E-state index in [4.69, 9.17) is 9.47 Å². The van der Waals surface area contributed by atoms with Crippen molar-refractivity contribution in [3.05, 3.63) is 52.3 Å². The third kappa shape index (κ3) is 7.98. The summed E-state index contributed by atoms with van der Waals surface area (Å²) in [5.74, 6) is 1.43. The normalized spacial score (nSPS) is 11.7. The van der Waals surface area contributed by atoms with Crippen LogP contribution in [0.4, 0.5) is 0 Å². The zero-order chi connectivity index (χ0) is 20.1. The second-order valence-corrected chi connectivity index (χ2v) is 9.59. The first kappa shape index (κ1) is 24.7. The van der Waals surface area contributed by atoms with E-state index in [0.717, 1.165) is 34.3 Å². The van der Waals surface area contributed by atoms with Crippen LogP contribution in [0.15, 0.2) is 41.1 Å². The van der Waals surface area contributed by atoms with Crippen molar-refractivity contribution in [2.45, 2.75) is 59.7 Å². The van der Waals surface area contributed by atoms with E-state index in [1.165, 1.54) is 0 Å². The summed E-state index contributed by atoms with van der Waals surface area (Å²) in [6, 6.07) is 8.01. The van der Waals surface area contributed by atoms with Crippen LogP contribution in [-0.4, -0.2) is 17.6 Å². The van der Waals surface area contributed by atoms with Gasteiger partial charge in [0.05, 0.1) is 11.6 Å². The minimum atomic E-state index is 0. The molecule has 0 radical (unpaired) electrons. The number of aromatic nitrogens is 1. The maximum absolute atomic E-state index is 5.98. The molecule has 0 unspecified atom stereocenters. The number of ether oxygens (including phenoxy) is 2. The van der Waals surface area contributed by atoms with Crippen LogP contribution in [0.5, 0.6) is 11.5 Å². The standard InChI is InChI=1S/C22H31BrN2O2.ClH/c1-21(2,3)15-22(4,5)25-13-17-10-18(23)20(19(11-17)26-6)27-14-16-8-7-9-24-12-16;/h7-12,25H,13-15H2,1-6H3;1H. The average molecular weight is 472 g/mol. The van der Waals surface area contributed by atoms with Gasteiger partial charge >= 0.3 is 0 Å². The minimum absolute atomic E-state index is 0. The molecule has 0 amide bonds. The van der Waals surface area contributed by atoms with Crippen molar-refractivity contribution in [2.75, 3.05) is 7.11 Å². The zero-order valence-electron chi connectivity index (χ0n) is 17.6. The topological polar surface area (TPSA) is 43.4 Å². The highest BCUT2D eigenvalue weighted by Crippen LogP contribution is 2.37. The van der Waals surface area contributed by atoms with E-state index in [2.05, 4.69) is 66.9 Å². The lowest BCUT2D eigenvalue weighted by Crippen LogP contribution is -2.41. The Balaban J connectivity index is 0.00000392. The molecule has 4 nitrogen and oxygen atoms in total. The minimum Gasteiger partial charge on any atom is -0.493 e. The Labute approximate surface area is 184 Å². The Morgan fingerprint density at radius 1 is 1.11 bits per heavy atom. The predicted molar refractivity (Wildman–Crippen MR) is 122 cm³/mol. The Morgan fingerprint density at radius 3 is 2.39 bits per heavy atom. The number of nitrogens with one attached hydrogen (secondary N) is 1. The number of nitrogens with zero attached hydrogens (tertiary/aromatic N) is 1. The Morgan fingerprint density at radius 2 is 1.82 bits per heavy atom. The van der Waals surface area contributed by atoms with Crippen LogP contribution >= 0.6 is 28.3 Å². The van der Waals surface area contributed by atoms with Crippen LogP contribution in [0.1, 0.15) is 52.2 Å². The smallest absolute Gasteiger partial charge is 0.175 e. The van der Waals surface area contributed by atoms with Gasteiger partial charge in [-0.1, -0.05) is 26.8 Å². The average Bonchev–Trinajstić information content (AvgIpc) is 2.57. The highest BCUT2D eigenvalue weighted by atomic mass is 79.9. The van der Waals surface area contributed by atoms with Crippen molar-refractivity contribution in [2.24, 2.45) is 5.41 Å². The highest BCUT2D eigenvalue weighted by Gasteiger charge is 2.25. The summed E-state index contributed by atoms with van der Waals surface area (Å²) in [5, 5.41) is 3.66. The first-order valence-corrected chi connectivity index (χ1v) is 10.0. The fourth-order valence-electron chi connectivity index (χ4n) is 3.38. The Hall–Kier alpha value is -1.30. The molecule has 1 aromatic carbocycles. The van der Waals surface area contributed by atoms with Gasteiger partial charge in [-0.3, -0.25) is 4.98 Å². The summed E-state index contributed by atoms with van der Waals surface area (Å²) in [6.07, 6.45) is 4.64. The molecule has 28 heavy (non-hydrogen) atoms. The van der Waals surface area contributed by atoms with Gasteiger partial charge in [0.2, 0.25) is 0 Å². The highest BCUT2D eigenvalue weighted by molar-refractivity contribution is 9.10. The van der Waals surface area contributed by atoms with Crippen LogP contribution in [-0.2, 0) is 13.2 Å². The van der Waals surface area contributed by atoms with E-state index < -0.39 is 0 Å². The monoisotopic (exact) mass is 470 g/mol. The Bertz CT molecular complexity index is 746. The number of hydrogen-bond acceptors (Lipinski definition) is 4. The van der Waals surface area contributed by atoms with Crippen molar-refractivity contribution < 1.29 is 9.47 Å². The molecule has 0 saturated heterocycles. The summed E-state index contributed by atoms with van der Waals surface area (Å²) >= 11 is 3.63. The fraction of sp³-hybridized carbons (Fsp3) is 0.500. The lowest BCUT2D eigenvalue weighted by atomic mass is 9.82. The van der Waals surface area contributed by atoms with Gasteiger partial charge in [-0.25, -0.2) is 0 Å². The molecule has 1 aromatic heterocycles. The van der Waals surface area contributed by atoms with Gasteiger partial charge in [0.1, 0.15) is 6.61 Å². The van der Waals surface area contributed by atoms with Crippen LogP contribution < -0.4 is 14.8 Å². The summed E-state index contributed by atoms with van der Waals surface area (Å²) in [4.78, 5) is 4.12. The molecular formula is C22H32BrClN2O2.